The lowest BCUT2D eigenvalue weighted by atomic mass is 10.1. The molecular weight excluding hydrogens is 396 g/mol. The molecule has 3 rings (SSSR count). The van der Waals surface area contributed by atoms with E-state index in [9.17, 15) is 9.59 Å². The fraction of sp³-hybridized carbons (Fsp3) is 0.167. The molecule has 0 aliphatic rings. The van der Waals surface area contributed by atoms with Crippen molar-refractivity contribution in [2.24, 2.45) is 0 Å². The monoisotopic (exact) mass is 420 g/mol. The third kappa shape index (κ3) is 6.24. The van der Waals surface area contributed by atoms with Crippen molar-refractivity contribution < 1.29 is 23.8 Å². The highest BCUT2D eigenvalue weighted by molar-refractivity contribution is 5.95. The lowest BCUT2D eigenvalue weighted by Crippen LogP contribution is -2.23. The van der Waals surface area contributed by atoms with E-state index in [1.165, 1.54) is 7.11 Å². The first kappa shape index (κ1) is 21.7. The second kappa shape index (κ2) is 10.7. The van der Waals surface area contributed by atoms with Crippen molar-refractivity contribution in [2.45, 2.75) is 6.54 Å². The molecule has 0 saturated heterocycles. The Balaban J connectivity index is 1.56. The lowest BCUT2D eigenvalue weighted by Gasteiger charge is -2.13. The van der Waals surface area contributed by atoms with E-state index in [0.717, 1.165) is 5.56 Å². The van der Waals surface area contributed by atoms with Crippen LogP contribution in [0.25, 0.3) is 0 Å². The zero-order valence-electron chi connectivity index (χ0n) is 17.4. The van der Waals surface area contributed by atoms with E-state index in [-0.39, 0.29) is 18.4 Å². The number of nitrogens with one attached hydrogen (secondary N) is 2. The van der Waals surface area contributed by atoms with Crippen LogP contribution in [-0.2, 0) is 11.3 Å². The number of ether oxygens (including phenoxy) is 3. The number of anilines is 1. The molecule has 3 aromatic carbocycles. The number of carbonyl (C=O) groups excluding carboxylic acids is 2. The number of hydrogen-bond acceptors (Lipinski definition) is 5. The van der Waals surface area contributed by atoms with Crippen LogP contribution in [0.2, 0.25) is 0 Å². The third-order valence-corrected chi connectivity index (χ3v) is 4.45. The quantitative estimate of drug-likeness (QED) is 0.552. The molecule has 0 atom stereocenters. The molecule has 0 fully saturated rings. The number of carbonyl (C=O) groups is 2. The maximum atomic E-state index is 12.4. The first-order valence-electron chi connectivity index (χ1n) is 9.66. The van der Waals surface area contributed by atoms with Gasteiger partial charge in [0.05, 0.1) is 14.2 Å². The molecule has 31 heavy (non-hydrogen) atoms. The van der Waals surface area contributed by atoms with Crippen LogP contribution >= 0.6 is 0 Å². The van der Waals surface area contributed by atoms with Crippen LogP contribution in [-0.4, -0.2) is 32.6 Å². The van der Waals surface area contributed by atoms with Crippen molar-refractivity contribution in [3.05, 3.63) is 83.9 Å². The van der Waals surface area contributed by atoms with Gasteiger partial charge >= 0.3 is 0 Å². The van der Waals surface area contributed by atoms with E-state index in [1.54, 1.807) is 49.6 Å². The van der Waals surface area contributed by atoms with Gasteiger partial charge in [-0.1, -0.05) is 30.3 Å². The Kier molecular flexibility index (Phi) is 7.48. The summed E-state index contributed by atoms with van der Waals surface area (Å²) in [4.78, 5) is 24.6. The van der Waals surface area contributed by atoms with Crippen LogP contribution in [0.3, 0.4) is 0 Å². The summed E-state index contributed by atoms with van der Waals surface area (Å²) in [5, 5.41) is 5.60. The molecule has 0 aliphatic heterocycles. The molecule has 160 valence electrons. The average molecular weight is 420 g/mol. The molecule has 2 amide bonds. The second-order valence-electron chi connectivity index (χ2n) is 6.60. The Morgan fingerprint density at radius 2 is 1.58 bits per heavy atom. The first-order valence-corrected chi connectivity index (χ1v) is 9.66. The van der Waals surface area contributed by atoms with Gasteiger partial charge in [-0.3, -0.25) is 9.59 Å². The van der Waals surface area contributed by atoms with Gasteiger partial charge in [0.2, 0.25) is 0 Å². The van der Waals surface area contributed by atoms with Crippen LogP contribution in [0.4, 0.5) is 5.69 Å². The summed E-state index contributed by atoms with van der Waals surface area (Å²) in [7, 11) is 3.05. The van der Waals surface area contributed by atoms with E-state index < -0.39 is 0 Å². The fourth-order valence-corrected chi connectivity index (χ4v) is 2.82. The molecule has 2 N–H and O–H groups in total. The van der Waals surface area contributed by atoms with Crippen molar-refractivity contribution in [1.29, 1.82) is 0 Å². The first-order chi connectivity index (χ1) is 15.1. The van der Waals surface area contributed by atoms with Crippen LogP contribution in [0, 0.1) is 0 Å². The minimum absolute atomic E-state index is 0.206. The number of methoxy groups -OCH3 is 2. The summed E-state index contributed by atoms with van der Waals surface area (Å²) >= 11 is 0. The van der Waals surface area contributed by atoms with Gasteiger partial charge in [-0.15, -0.1) is 0 Å². The van der Waals surface area contributed by atoms with Crippen molar-refractivity contribution in [2.75, 3.05) is 26.1 Å². The van der Waals surface area contributed by atoms with Crippen molar-refractivity contribution >= 4 is 17.5 Å². The molecule has 0 unspecified atom stereocenters. The second-order valence-corrected chi connectivity index (χ2v) is 6.60. The van der Waals surface area contributed by atoms with Crippen LogP contribution < -0.4 is 24.8 Å². The number of amides is 2. The molecule has 0 aromatic heterocycles. The predicted octanol–water partition coefficient (Wildman–Crippen LogP) is 3.65. The molecule has 0 saturated carbocycles. The van der Waals surface area contributed by atoms with Crippen molar-refractivity contribution in [3.8, 4) is 17.2 Å². The predicted molar refractivity (Wildman–Crippen MR) is 118 cm³/mol. The molecule has 0 radical (unpaired) electrons. The Labute approximate surface area is 180 Å². The Bertz CT molecular complexity index is 1020. The molecule has 3 aromatic rings. The molecule has 7 nitrogen and oxygen atoms in total. The lowest BCUT2D eigenvalue weighted by molar-refractivity contribution is -0.118. The van der Waals surface area contributed by atoms with Crippen LogP contribution in [0.15, 0.2) is 72.8 Å². The van der Waals surface area contributed by atoms with E-state index in [4.69, 9.17) is 14.2 Å². The topological polar surface area (TPSA) is 85.9 Å². The Hall–Kier alpha value is -4.00. The molecule has 0 bridgehead atoms. The third-order valence-electron chi connectivity index (χ3n) is 4.45. The van der Waals surface area contributed by atoms with Crippen molar-refractivity contribution in [1.82, 2.24) is 5.32 Å². The summed E-state index contributed by atoms with van der Waals surface area (Å²) in [6.07, 6.45) is 0. The Morgan fingerprint density at radius 3 is 2.26 bits per heavy atom. The van der Waals surface area contributed by atoms with Gasteiger partial charge in [-0.25, -0.2) is 0 Å². The van der Waals surface area contributed by atoms with Gasteiger partial charge in [-0.05, 0) is 48.0 Å². The molecule has 0 aliphatic carbocycles. The maximum absolute atomic E-state index is 12.4. The molecule has 7 heteroatoms. The van der Waals surface area contributed by atoms with Crippen LogP contribution in [0.5, 0.6) is 17.2 Å². The summed E-state index contributed by atoms with van der Waals surface area (Å²) in [5.74, 6) is 0.881. The van der Waals surface area contributed by atoms with Crippen LogP contribution in [0.1, 0.15) is 15.9 Å². The van der Waals surface area contributed by atoms with Gasteiger partial charge in [-0.2, -0.15) is 0 Å². The number of benzene rings is 3. The van der Waals surface area contributed by atoms with E-state index >= 15 is 0 Å². The van der Waals surface area contributed by atoms with Gasteiger partial charge in [0.1, 0.15) is 5.75 Å². The zero-order chi connectivity index (χ0) is 22.1. The standard InChI is InChI=1S/C24H24N2O5/c1-29-20-11-9-19(10-12-20)26-23(27)16-31-21-13-8-18(14-22(21)30-2)24(28)25-15-17-6-4-3-5-7-17/h3-14H,15-16H2,1-2H3,(H,25,28)(H,26,27). The van der Waals surface area contributed by atoms with Gasteiger partial charge in [0, 0.05) is 17.8 Å². The minimum Gasteiger partial charge on any atom is -0.497 e. The zero-order valence-corrected chi connectivity index (χ0v) is 17.4. The molecule has 0 spiro atoms. The summed E-state index contributed by atoms with van der Waals surface area (Å²) in [5.41, 5.74) is 2.07. The summed E-state index contributed by atoms with van der Waals surface area (Å²) in [6, 6.07) is 21.4. The SMILES string of the molecule is COc1ccc(NC(=O)COc2ccc(C(=O)NCc3ccccc3)cc2OC)cc1. The average Bonchev–Trinajstić information content (AvgIpc) is 2.82. The molecular formula is C24H24N2O5. The van der Waals surface area contributed by atoms with Gasteiger partial charge < -0.3 is 24.8 Å². The number of rotatable bonds is 9. The van der Waals surface area contributed by atoms with Crippen molar-refractivity contribution in [3.63, 3.8) is 0 Å². The normalized spacial score (nSPS) is 10.1. The highest BCUT2D eigenvalue weighted by Gasteiger charge is 2.13. The fourth-order valence-electron chi connectivity index (χ4n) is 2.82. The highest BCUT2D eigenvalue weighted by Crippen LogP contribution is 2.28. The molecule has 0 heterocycles. The largest absolute Gasteiger partial charge is 0.497 e. The number of hydrogen-bond donors (Lipinski definition) is 2. The summed E-state index contributed by atoms with van der Waals surface area (Å²) < 4.78 is 16.0. The van der Waals surface area contributed by atoms with Gasteiger partial charge in [0.15, 0.2) is 18.1 Å². The summed E-state index contributed by atoms with van der Waals surface area (Å²) in [6.45, 7) is 0.216. The smallest absolute Gasteiger partial charge is 0.262 e. The van der Waals surface area contributed by atoms with Gasteiger partial charge in [0.25, 0.3) is 11.8 Å². The van der Waals surface area contributed by atoms with E-state index in [1.807, 2.05) is 30.3 Å². The minimum atomic E-state index is -0.322. The van der Waals surface area contributed by atoms with E-state index in [2.05, 4.69) is 10.6 Å². The highest BCUT2D eigenvalue weighted by atomic mass is 16.5. The maximum Gasteiger partial charge on any atom is 0.262 e. The van der Waals surface area contributed by atoms with E-state index in [0.29, 0.717) is 35.0 Å². The Morgan fingerprint density at radius 1 is 0.839 bits per heavy atom.